The molecule has 0 aliphatic carbocycles. The molecule has 19 heavy (non-hydrogen) atoms. The fourth-order valence-corrected chi connectivity index (χ4v) is 2.45. The van der Waals surface area contributed by atoms with E-state index in [0.29, 0.717) is 19.0 Å². The minimum Gasteiger partial charge on any atom is -0.337 e. The van der Waals surface area contributed by atoms with Gasteiger partial charge in [0.05, 0.1) is 6.04 Å². The number of aromatic nitrogens is 1. The third kappa shape index (κ3) is 2.78. The molecule has 2 rings (SSSR count). The van der Waals surface area contributed by atoms with Crippen LogP contribution in [0.5, 0.6) is 0 Å². The van der Waals surface area contributed by atoms with Crippen LogP contribution in [0.15, 0.2) is 35.8 Å². The number of hydrogen-bond acceptors (Lipinski definition) is 2. The first kappa shape index (κ1) is 13.6. The number of nitrogens with zero attached hydrogens (tertiary/aromatic N) is 2. The zero-order valence-electron chi connectivity index (χ0n) is 11.5. The third-order valence-electron chi connectivity index (χ3n) is 3.67. The van der Waals surface area contributed by atoms with Gasteiger partial charge in [0, 0.05) is 25.4 Å². The van der Waals surface area contributed by atoms with Gasteiger partial charge in [0.15, 0.2) is 0 Å². The second-order valence-electron chi connectivity index (χ2n) is 5.29. The van der Waals surface area contributed by atoms with E-state index >= 15 is 0 Å². The van der Waals surface area contributed by atoms with Gasteiger partial charge >= 0.3 is 0 Å². The Hall–Kier alpha value is -1.84. The summed E-state index contributed by atoms with van der Waals surface area (Å²) in [6, 6.07) is 3.58. The number of hydrogen-bond donors (Lipinski definition) is 0. The van der Waals surface area contributed by atoms with Gasteiger partial charge in [-0.25, -0.2) is 0 Å². The molecule has 4 heteroatoms. The molecule has 0 bridgehead atoms. The van der Waals surface area contributed by atoms with Gasteiger partial charge in [0.1, 0.15) is 0 Å². The summed E-state index contributed by atoms with van der Waals surface area (Å²) < 4.78 is 1.77. The van der Waals surface area contributed by atoms with Crippen molar-refractivity contribution in [2.24, 2.45) is 0 Å². The fraction of sp³-hybridized carbons (Fsp3) is 0.467. The molecule has 0 spiro atoms. The predicted molar refractivity (Wildman–Crippen MR) is 75.2 cm³/mol. The Bertz CT molecular complexity index is 545. The molecule has 0 aromatic carbocycles. The Morgan fingerprint density at radius 3 is 2.84 bits per heavy atom. The lowest BCUT2D eigenvalue weighted by atomic mass is 10.1. The molecule has 0 saturated carbocycles. The Balaban J connectivity index is 2.24. The molecule has 0 radical (unpaired) electrons. The summed E-state index contributed by atoms with van der Waals surface area (Å²) in [6.45, 7) is 8.98. The van der Waals surface area contributed by atoms with Crippen LogP contribution in [0.3, 0.4) is 0 Å². The van der Waals surface area contributed by atoms with Gasteiger partial charge < -0.3 is 9.47 Å². The summed E-state index contributed by atoms with van der Waals surface area (Å²) in [4.78, 5) is 25.3. The number of amides is 1. The molecule has 4 nitrogen and oxygen atoms in total. The van der Waals surface area contributed by atoms with E-state index in [4.69, 9.17) is 0 Å². The van der Waals surface area contributed by atoms with E-state index in [1.807, 2.05) is 12.3 Å². The highest BCUT2D eigenvalue weighted by Crippen LogP contribution is 2.22. The zero-order valence-corrected chi connectivity index (χ0v) is 11.5. The number of carbonyl (C=O) groups excluding carboxylic acids is 1. The van der Waals surface area contributed by atoms with Gasteiger partial charge in [0.2, 0.25) is 5.91 Å². The highest BCUT2D eigenvalue weighted by molar-refractivity contribution is 5.87. The van der Waals surface area contributed by atoms with Crippen molar-refractivity contribution >= 4 is 5.91 Å². The molecule has 0 unspecified atom stereocenters. The molecule has 1 aromatic heterocycles. The average molecular weight is 260 g/mol. The van der Waals surface area contributed by atoms with Crippen molar-refractivity contribution in [1.29, 1.82) is 0 Å². The largest absolute Gasteiger partial charge is 0.337 e. The van der Waals surface area contributed by atoms with E-state index < -0.39 is 0 Å². The molecule has 1 atom stereocenters. The minimum atomic E-state index is -0.0597. The summed E-state index contributed by atoms with van der Waals surface area (Å²) in [7, 11) is 0. The molecule has 0 N–H and O–H groups in total. The Morgan fingerprint density at radius 1 is 1.47 bits per heavy atom. The van der Waals surface area contributed by atoms with Crippen LogP contribution in [-0.4, -0.2) is 28.5 Å². The van der Waals surface area contributed by atoms with Crippen molar-refractivity contribution in [1.82, 2.24) is 9.47 Å². The van der Waals surface area contributed by atoms with Crippen molar-refractivity contribution in [2.45, 2.75) is 32.2 Å². The molecule has 1 aliphatic heterocycles. The maximum absolute atomic E-state index is 12.0. The summed E-state index contributed by atoms with van der Waals surface area (Å²) in [6.07, 6.45) is 4.08. The first-order chi connectivity index (χ1) is 9.02. The van der Waals surface area contributed by atoms with Gasteiger partial charge in [-0.1, -0.05) is 26.5 Å². The second-order valence-corrected chi connectivity index (χ2v) is 5.29. The fourth-order valence-electron chi connectivity index (χ4n) is 2.45. The number of carbonyl (C=O) groups is 1. The first-order valence-electron chi connectivity index (χ1n) is 6.66. The topological polar surface area (TPSA) is 42.3 Å². The van der Waals surface area contributed by atoms with E-state index in [9.17, 15) is 9.59 Å². The average Bonchev–Trinajstić information content (AvgIpc) is 2.87. The molecule has 1 fully saturated rings. The second kappa shape index (κ2) is 5.43. The Labute approximate surface area is 113 Å². The van der Waals surface area contributed by atoms with E-state index in [1.54, 1.807) is 15.5 Å². The van der Waals surface area contributed by atoms with Crippen LogP contribution in [0.1, 0.15) is 37.8 Å². The van der Waals surface area contributed by atoms with Crippen molar-refractivity contribution in [2.75, 3.05) is 13.1 Å². The Morgan fingerprint density at radius 2 is 2.21 bits per heavy atom. The quantitative estimate of drug-likeness (QED) is 0.779. The summed E-state index contributed by atoms with van der Waals surface area (Å²) >= 11 is 0. The third-order valence-corrected chi connectivity index (χ3v) is 3.67. The van der Waals surface area contributed by atoms with Crippen LogP contribution >= 0.6 is 0 Å². The summed E-state index contributed by atoms with van der Waals surface area (Å²) in [5.74, 6) is 0.328. The molecule has 1 amide bonds. The van der Waals surface area contributed by atoms with Gasteiger partial charge in [-0.05, 0) is 24.0 Å². The standard InChI is InChI=1S/C15H20N2O2/c1-4-14(18)16-8-7-13(10-16)17-9-12(11(2)3)5-6-15(17)19/h4-6,9,11,13H,1,7-8,10H2,2-3H3/t13-/m0/s1. The molecule has 1 aromatic rings. The van der Waals surface area contributed by atoms with Crippen LogP contribution < -0.4 is 5.56 Å². The van der Waals surface area contributed by atoms with E-state index in [0.717, 1.165) is 12.0 Å². The van der Waals surface area contributed by atoms with Crippen molar-refractivity contribution in [3.05, 3.63) is 46.9 Å². The van der Waals surface area contributed by atoms with E-state index in [2.05, 4.69) is 20.4 Å². The van der Waals surface area contributed by atoms with Gasteiger partial charge in [-0.2, -0.15) is 0 Å². The summed E-state index contributed by atoms with van der Waals surface area (Å²) in [5, 5.41) is 0. The highest BCUT2D eigenvalue weighted by atomic mass is 16.2. The molecular formula is C15H20N2O2. The normalized spacial score (nSPS) is 18.9. The first-order valence-corrected chi connectivity index (χ1v) is 6.66. The molecule has 2 heterocycles. The van der Waals surface area contributed by atoms with Crippen LogP contribution in [0.25, 0.3) is 0 Å². The van der Waals surface area contributed by atoms with Gasteiger partial charge in [0.25, 0.3) is 5.56 Å². The number of likely N-dealkylation sites (tertiary alicyclic amines) is 1. The number of pyridine rings is 1. The lowest BCUT2D eigenvalue weighted by molar-refractivity contribution is -0.125. The van der Waals surface area contributed by atoms with Crippen molar-refractivity contribution in [3.8, 4) is 0 Å². The van der Waals surface area contributed by atoms with Crippen molar-refractivity contribution < 1.29 is 4.79 Å². The SMILES string of the molecule is C=CC(=O)N1CC[C@H](n2cc(C(C)C)ccc2=O)C1. The highest BCUT2D eigenvalue weighted by Gasteiger charge is 2.26. The van der Waals surface area contributed by atoms with E-state index in [-0.39, 0.29) is 17.5 Å². The lowest BCUT2D eigenvalue weighted by Gasteiger charge is -2.17. The van der Waals surface area contributed by atoms with Crippen LogP contribution in [-0.2, 0) is 4.79 Å². The van der Waals surface area contributed by atoms with E-state index in [1.165, 1.54) is 6.08 Å². The summed E-state index contributed by atoms with van der Waals surface area (Å²) in [5.41, 5.74) is 1.15. The maximum atomic E-state index is 12.0. The monoisotopic (exact) mass is 260 g/mol. The van der Waals surface area contributed by atoms with Crippen molar-refractivity contribution in [3.63, 3.8) is 0 Å². The molecule has 1 saturated heterocycles. The predicted octanol–water partition coefficient (Wildman–Crippen LogP) is 1.93. The van der Waals surface area contributed by atoms with Crippen LogP contribution in [0.2, 0.25) is 0 Å². The van der Waals surface area contributed by atoms with Gasteiger partial charge in [-0.3, -0.25) is 9.59 Å². The Kier molecular flexibility index (Phi) is 3.88. The smallest absolute Gasteiger partial charge is 0.250 e. The van der Waals surface area contributed by atoms with Crippen LogP contribution in [0.4, 0.5) is 0 Å². The van der Waals surface area contributed by atoms with Gasteiger partial charge in [-0.15, -0.1) is 0 Å². The zero-order chi connectivity index (χ0) is 14.0. The minimum absolute atomic E-state index is 0.00213. The van der Waals surface area contributed by atoms with Crippen LogP contribution in [0, 0.1) is 0 Å². The maximum Gasteiger partial charge on any atom is 0.250 e. The number of rotatable bonds is 3. The molecule has 1 aliphatic rings. The lowest BCUT2D eigenvalue weighted by Crippen LogP contribution is -2.30. The molecule has 102 valence electrons. The molecular weight excluding hydrogens is 240 g/mol.